The van der Waals surface area contributed by atoms with Crippen molar-refractivity contribution in [2.75, 3.05) is 39.3 Å². The van der Waals surface area contributed by atoms with Crippen molar-refractivity contribution < 1.29 is 14.6 Å². The van der Waals surface area contributed by atoms with E-state index >= 15 is 0 Å². The van der Waals surface area contributed by atoms with E-state index in [4.69, 9.17) is 4.74 Å². The molecule has 1 spiro atoms. The van der Waals surface area contributed by atoms with E-state index in [-0.39, 0.29) is 23.5 Å². The molecule has 0 bridgehead atoms. The average molecular weight is 380 g/mol. The number of thiazole rings is 1. The third kappa shape index (κ3) is 3.67. The molecule has 1 amide bonds. The second kappa shape index (κ2) is 7.19. The molecule has 26 heavy (non-hydrogen) atoms. The second-order valence-corrected chi connectivity index (χ2v) is 9.48. The van der Waals surface area contributed by atoms with Gasteiger partial charge in [-0.3, -0.25) is 9.69 Å². The first-order valence-electron chi connectivity index (χ1n) is 9.69. The summed E-state index contributed by atoms with van der Waals surface area (Å²) in [5.41, 5.74) is 1.09. The van der Waals surface area contributed by atoms with Gasteiger partial charge in [0.05, 0.1) is 29.5 Å². The van der Waals surface area contributed by atoms with Gasteiger partial charge in [-0.1, -0.05) is 0 Å². The summed E-state index contributed by atoms with van der Waals surface area (Å²) in [6.07, 6.45) is 4.11. The topological polar surface area (TPSA) is 65.9 Å². The van der Waals surface area contributed by atoms with Gasteiger partial charge in [0.2, 0.25) is 0 Å². The maximum Gasteiger partial charge on any atom is 0.265 e. The molecular formula is C19H29N3O3S. The number of aromatic nitrogens is 1. The number of ether oxygens (including phenoxy) is 1. The first-order valence-corrected chi connectivity index (χ1v) is 10.5. The monoisotopic (exact) mass is 379 g/mol. The van der Waals surface area contributed by atoms with Gasteiger partial charge < -0.3 is 14.7 Å². The first kappa shape index (κ1) is 18.3. The summed E-state index contributed by atoms with van der Waals surface area (Å²) in [6.45, 7) is 9.01. The number of carbonyl (C=O) groups excluding carboxylic acids is 1. The molecule has 3 saturated heterocycles. The number of aliphatic hydroxyl groups is 1. The molecule has 144 valence electrons. The van der Waals surface area contributed by atoms with E-state index in [1.807, 2.05) is 18.7 Å². The normalized spacial score (nSPS) is 29.0. The molecule has 4 rings (SSSR count). The number of carbonyl (C=O) groups is 1. The minimum absolute atomic E-state index is 0.143. The Morgan fingerprint density at radius 1 is 1.35 bits per heavy atom. The summed E-state index contributed by atoms with van der Waals surface area (Å²) in [4.78, 5) is 22.3. The van der Waals surface area contributed by atoms with Crippen LogP contribution in [0.3, 0.4) is 0 Å². The van der Waals surface area contributed by atoms with Gasteiger partial charge in [-0.15, -0.1) is 11.3 Å². The van der Waals surface area contributed by atoms with Gasteiger partial charge in [-0.05, 0) is 44.9 Å². The van der Waals surface area contributed by atoms with Crippen LogP contribution in [0.1, 0.15) is 46.1 Å². The van der Waals surface area contributed by atoms with Gasteiger partial charge in [0.1, 0.15) is 4.88 Å². The fraction of sp³-hybridized carbons (Fsp3) is 0.789. The van der Waals surface area contributed by atoms with Crippen molar-refractivity contribution in [3.63, 3.8) is 0 Å². The minimum atomic E-state index is -0.168. The molecule has 6 nitrogen and oxygen atoms in total. The summed E-state index contributed by atoms with van der Waals surface area (Å²) in [5, 5.41) is 10.6. The molecule has 4 heterocycles. The number of nitrogens with zero attached hydrogens (tertiary/aromatic N) is 3. The Morgan fingerprint density at radius 3 is 2.73 bits per heavy atom. The van der Waals surface area contributed by atoms with Crippen molar-refractivity contribution in [1.29, 1.82) is 0 Å². The summed E-state index contributed by atoms with van der Waals surface area (Å²) < 4.78 is 6.11. The van der Waals surface area contributed by atoms with Crippen LogP contribution in [0.2, 0.25) is 0 Å². The first-order chi connectivity index (χ1) is 12.4. The van der Waals surface area contributed by atoms with Crippen molar-refractivity contribution in [1.82, 2.24) is 14.8 Å². The van der Waals surface area contributed by atoms with Gasteiger partial charge >= 0.3 is 0 Å². The second-order valence-electron chi connectivity index (χ2n) is 8.28. The highest BCUT2D eigenvalue weighted by atomic mass is 32.1. The smallest absolute Gasteiger partial charge is 0.265 e. The van der Waals surface area contributed by atoms with Gasteiger partial charge in [0, 0.05) is 32.7 Å². The SMILES string of the molecule is Cc1nc(C)c(C(=O)N2CCC3(CC2)COC(CN2CCC(O)C2)C3)s1. The van der Waals surface area contributed by atoms with Crippen LogP contribution in [0.15, 0.2) is 0 Å². The fourth-order valence-corrected chi connectivity index (χ4v) is 5.57. The van der Waals surface area contributed by atoms with Crippen LogP contribution in [0.4, 0.5) is 0 Å². The third-order valence-electron chi connectivity index (χ3n) is 6.20. The highest BCUT2D eigenvalue weighted by molar-refractivity contribution is 7.13. The van der Waals surface area contributed by atoms with E-state index in [9.17, 15) is 9.90 Å². The molecule has 0 aromatic carbocycles. The molecule has 2 unspecified atom stereocenters. The van der Waals surface area contributed by atoms with Crippen molar-refractivity contribution in [3.05, 3.63) is 15.6 Å². The number of amides is 1. The lowest BCUT2D eigenvalue weighted by Crippen LogP contribution is -2.43. The molecule has 1 aromatic heterocycles. The number of hydrogen-bond donors (Lipinski definition) is 1. The van der Waals surface area contributed by atoms with E-state index in [0.29, 0.717) is 0 Å². The van der Waals surface area contributed by atoms with Crippen LogP contribution in [-0.2, 0) is 4.74 Å². The number of piperidine rings is 1. The fourth-order valence-electron chi connectivity index (χ4n) is 4.68. The summed E-state index contributed by atoms with van der Waals surface area (Å²) >= 11 is 1.51. The predicted octanol–water partition coefficient (Wildman–Crippen LogP) is 1.84. The van der Waals surface area contributed by atoms with Crippen LogP contribution >= 0.6 is 11.3 Å². The maximum absolute atomic E-state index is 12.8. The Hall–Kier alpha value is -1.02. The van der Waals surface area contributed by atoms with Crippen molar-refractivity contribution in [2.24, 2.45) is 5.41 Å². The average Bonchev–Trinajstić information content (AvgIpc) is 3.28. The number of hydrogen-bond acceptors (Lipinski definition) is 6. The lowest BCUT2D eigenvalue weighted by Gasteiger charge is -2.38. The van der Waals surface area contributed by atoms with Crippen molar-refractivity contribution >= 4 is 17.2 Å². The van der Waals surface area contributed by atoms with Crippen LogP contribution in [0.25, 0.3) is 0 Å². The number of likely N-dealkylation sites (tertiary alicyclic amines) is 2. The number of aliphatic hydroxyl groups excluding tert-OH is 1. The lowest BCUT2D eigenvalue weighted by atomic mass is 9.76. The minimum Gasteiger partial charge on any atom is -0.392 e. The molecule has 1 aromatic rings. The van der Waals surface area contributed by atoms with Crippen molar-refractivity contribution in [3.8, 4) is 0 Å². The molecule has 2 atom stereocenters. The summed E-state index contributed by atoms with van der Waals surface area (Å²) in [7, 11) is 0. The molecule has 1 N–H and O–H groups in total. The van der Waals surface area contributed by atoms with E-state index < -0.39 is 0 Å². The van der Waals surface area contributed by atoms with Gasteiger partial charge in [0.25, 0.3) is 5.91 Å². The Balaban J connectivity index is 1.31. The van der Waals surface area contributed by atoms with E-state index in [1.54, 1.807) is 0 Å². The highest BCUT2D eigenvalue weighted by Gasteiger charge is 2.44. The molecule has 3 fully saturated rings. The standard InChI is InChI=1S/C19H29N3O3S/c1-13-17(26-14(2)20-13)18(24)22-7-4-19(5-8-22)9-16(25-12-19)11-21-6-3-15(23)10-21/h15-16,23H,3-12H2,1-2H3. The van der Waals surface area contributed by atoms with Crippen LogP contribution < -0.4 is 0 Å². The molecule has 0 radical (unpaired) electrons. The number of β-amino-alcohol motifs (C(OH)–C–C–N with tert-alkyl or cyclic N) is 1. The summed E-state index contributed by atoms with van der Waals surface area (Å²) in [5.74, 6) is 0.143. The molecule has 0 saturated carbocycles. The summed E-state index contributed by atoms with van der Waals surface area (Å²) in [6, 6.07) is 0. The molecular weight excluding hydrogens is 350 g/mol. The zero-order valence-electron chi connectivity index (χ0n) is 15.7. The Labute approximate surface area is 159 Å². The Kier molecular flexibility index (Phi) is 5.07. The quantitative estimate of drug-likeness (QED) is 0.868. The van der Waals surface area contributed by atoms with E-state index in [2.05, 4.69) is 9.88 Å². The molecule has 3 aliphatic rings. The third-order valence-corrected chi connectivity index (χ3v) is 7.27. The van der Waals surface area contributed by atoms with Gasteiger partial charge in [-0.2, -0.15) is 0 Å². The Bertz CT molecular complexity index is 669. The Morgan fingerprint density at radius 2 is 2.12 bits per heavy atom. The van der Waals surface area contributed by atoms with Gasteiger partial charge in [0.15, 0.2) is 0 Å². The molecule has 7 heteroatoms. The largest absolute Gasteiger partial charge is 0.392 e. The molecule has 0 aliphatic carbocycles. The van der Waals surface area contributed by atoms with Crippen LogP contribution in [0, 0.1) is 19.3 Å². The van der Waals surface area contributed by atoms with Crippen LogP contribution in [-0.4, -0.2) is 77.3 Å². The number of aryl methyl sites for hydroxylation is 2. The maximum atomic E-state index is 12.8. The zero-order valence-corrected chi connectivity index (χ0v) is 16.6. The van der Waals surface area contributed by atoms with E-state index in [1.165, 1.54) is 11.3 Å². The van der Waals surface area contributed by atoms with Crippen LogP contribution in [0.5, 0.6) is 0 Å². The van der Waals surface area contributed by atoms with E-state index in [0.717, 1.165) is 80.6 Å². The zero-order chi connectivity index (χ0) is 18.3. The predicted molar refractivity (Wildman–Crippen MR) is 101 cm³/mol. The van der Waals surface area contributed by atoms with Crippen molar-refractivity contribution in [2.45, 2.75) is 51.7 Å². The van der Waals surface area contributed by atoms with Gasteiger partial charge in [-0.25, -0.2) is 4.98 Å². The lowest BCUT2D eigenvalue weighted by molar-refractivity contribution is 0.0453. The highest BCUT2D eigenvalue weighted by Crippen LogP contribution is 2.42. The number of rotatable bonds is 3. The molecule has 3 aliphatic heterocycles.